The van der Waals surface area contributed by atoms with Gasteiger partial charge in [0.25, 0.3) is 0 Å². The van der Waals surface area contributed by atoms with Crippen LogP contribution in [-0.2, 0) is 11.2 Å². The predicted octanol–water partition coefficient (Wildman–Crippen LogP) is 2.91. The van der Waals surface area contributed by atoms with Crippen molar-refractivity contribution in [1.82, 2.24) is 4.90 Å². The Morgan fingerprint density at radius 2 is 2.00 bits per heavy atom. The zero-order valence-corrected chi connectivity index (χ0v) is 14.3. The Labute approximate surface area is 139 Å². The first-order valence-corrected chi connectivity index (χ1v) is 8.13. The summed E-state index contributed by atoms with van der Waals surface area (Å²) in [4.78, 5) is 16.8. The van der Waals surface area contributed by atoms with Crippen molar-refractivity contribution in [2.24, 2.45) is 0 Å². The van der Waals surface area contributed by atoms with Gasteiger partial charge in [-0.2, -0.15) is 0 Å². The number of carbonyl (C=O) groups is 1. The molecule has 5 heteroatoms. The number of anilines is 2. The van der Waals surface area contributed by atoms with Crippen LogP contribution in [0.1, 0.15) is 32.3 Å². The summed E-state index contributed by atoms with van der Waals surface area (Å²) >= 11 is 0. The van der Waals surface area contributed by atoms with Gasteiger partial charge in [0, 0.05) is 12.6 Å². The van der Waals surface area contributed by atoms with Crippen molar-refractivity contribution in [3.8, 4) is 0 Å². The topological polar surface area (TPSA) is 35.6 Å². The van der Waals surface area contributed by atoms with E-state index in [-0.39, 0.29) is 18.3 Å². The number of carbonyl (C=O) groups excluding carboxylic acids is 1. The Kier molecular flexibility index (Phi) is 5.70. The molecule has 122 valence electrons. The largest absolute Gasteiger partial charge is 0.359 e. The van der Waals surface area contributed by atoms with E-state index in [1.54, 1.807) is 0 Å². The molecule has 4 nitrogen and oxygen atoms in total. The highest BCUT2D eigenvalue weighted by Gasteiger charge is 2.33. The average molecular weight is 324 g/mol. The fourth-order valence-corrected chi connectivity index (χ4v) is 3.70. The Hall–Kier alpha value is -1.26. The summed E-state index contributed by atoms with van der Waals surface area (Å²) in [5.74, 6) is 0.109. The highest BCUT2D eigenvalue weighted by atomic mass is 35.5. The van der Waals surface area contributed by atoms with Crippen LogP contribution in [0.25, 0.3) is 0 Å². The number of nitrogens with one attached hydrogen (secondary N) is 1. The second-order valence-corrected chi connectivity index (χ2v) is 6.14. The minimum atomic E-state index is 0. The molecule has 2 aliphatic heterocycles. The number of hydrogen-bond acceptors (Lipinski definition) is 3. The average Bonchev–Trinajstić information content (AvgIpc) is 2.46. The van der Waals surface area contributed by atoms with Gasteiger partial charge < -0.3 is 10.2 Å². The van der Waals surface area contributed by atoms with Gasteiger partial charge in [0.15, 0.2) is 0 Å². The van der Waals surface area contributed by atoms with Crippen LogP contribution < -0.4 is 10.2 Å². The number of amides is 1. The van der Waals surface area contributed by atoms with Crippen LogP contribution in [0.4, 0.5) is 11.4 Å². The van der Waals surface area contributed by atoms with Gasteiger partial charge >= 0.3 is 0 Å². The minimum absolute atomic E-state index is 0. The van der Waals surface area contributed by atoms with Crippen molar-refractivity contribution < 1.29 is 4.79 Å². The van der Waals surface area contributed by atoms with Crippen LogP contribution in [-0.4, -0.2) is 43.0 Å². The van der Waals surface area contributed by atoms with E-state index in [2.05, 4.69) is 41.1 Å². The Bertz CT molecular complexity index is 529. The number of benzene rings is 1. The zero-order valence-electron chi connectivity index (χ0n) is 13.5. The summed E-state index contributed by atoms with van der Waals surface area (Å²) < 4.78 is 0. The van der Waals surface area contributed by atoms with Crippen LogP contribution in [0, 0.1) is 0 Å². The van der Waals surface area contributed by atoms with E-state index in [0.717, 1.165) is 31.7 Å². The lowest BCUT2D eigenvalue weighted by Crippen LogP contribution is -2.52. The molecule has 2 aliphatic rings. The van der Waals surface area contributed by atoms with Gasteiger partial charge in [-0.1, -0.05) is 26.0 Å². The Morgan fingerprint density at radius 3 is 2.68 bits per heavy atom. The predicted molar refractivity (Wildman–Crippen MR) is 94.2 cm³/mol. The first-order chi connectivity index (χ1) is 10.2. The van der Waals surface area contributed by atoms with Crippen molar-refractivity contribution in [2.75, 3.05) is 36.4 Å². The van der Waals surface area contributed by atoms with Crippen LogP contribution in [0.15, 0.2) is 18.2 Å². The van der Waals surface area contributed by atoms with Crippen LogP contribution >= 0.6 is 12.4 Å². The fourth-order valence-electron chi connectivity index (χ4n) is 3.70. The Balaban J connectivity index is 0.00000176. The van der Waals surface area contributed by atoms with E-state index >= 15 is 0 Å². The van der Waals surface area contributed by atoms with E-state index in [9.17, 15) is 4.79 Å². The molecule has 0 saturated carbocycles. The molecule has 1 amide bonds. The molecular formula is C17H26ClN3O. The van der Waals surface area contributed by atoms with Gasteiger partial charge in [-0.3, -0.25) is 9.69 Å². The molecule has 0 aromatic heterocycles. The van der Waals surface area contributed by atoms with E-state index in [4.69, 9.17) is 0 Å². The summed E-state index contributed by atoms with van der Waals surface area (Å²) in [7, 11) is 0. The summed E-state index contributed by atoms with van der Waals surface area (Å²) in [6, 6.07) is 6.81. The van der Waals surface area contributed by atoms with Crippen molar-refractivity contribution in [3.63, 3.8) is 0 Å². The first-order valence-electron chi connectivity index (χ1n) is 8.13. The molecule has 1 atom stereocenters. The van der Waals surface area contributed by atoms with E-state index in [1.807, 2.05) is 6.07 Å². The summed E-state index contributed by atoms with van der Waals surface area (Å²) in [6.07, 6.45) is 3.46. The lowest BCUT2D eigenvalue weighted by Gasteiger charge is -2.43. The van der Waals surface area contributed by atoms with Gasteiger partial charge in [-0.15, -0.1) is 12.4 Å². The number of nitrogens with zero attached hydrogens (tertiary/aromatic N) is 2. The third-order valence-corrected chi connectivity index (χ3v) is 4.47. The molecule has 0 radical (unpaired) electrons. The molecule has 1 aromatic rings. The standard InChI is InChI=1S/C17H25N3O.ClH/c1-3-8-19(9-4-2)14-10-13-6-5-7-15-17(13)20(11-14)12-16(21)18-15;/h5-7,14H,3-4,8-12H2,1-2H3,(H,18,21);1H. The van der Waals surface area contributed by atoms with Gasteiger partial charge in [0.1, 0.15) is 0 Å². The van der Waals surface area contributed by atoms with Gasteiger partial charge in [-0.25, -0.2) is 0 Å². The lowest BCUT2D eigenvalue weighted by atomic mass is 9.94. The molecule has 0 saturated heterocycles. The van der Waals surface area contributed by atoms with Crippen molar-refractivity contribution in [2.45, 2.75) is 39.2 Å². The SMILES string of the molecule is CCCN(CCC)C1Cc2cccc3c2N(CC(=O)N3)C1.Cl. The van der Waals surface area contributed by atoms with E-state index in [0.29, 0.717) is 12.6 Å². The number of para-hydroxylation sites is 1. The maximum Gasteiger partial charge on any atom is 0.243 e. The third kappa shape index (κ3) is 3.23. The maximum atomic E-state index is 11.9. The summed E-state index contributed by atoms with van der Waals surface area (Å²) in [6.45, 7) is 8.24. The normalized spacial score (nSPS) is 19.5. The van der Waals surface area contributed by atoms with Crippen LogP contribution in [0.2, 0.25) is 0 Å². The number of rotatable bonds is 5. The van der Waals surface area contributed by atoms with Gasteiger partial charge in [0.2, 0.25) is 5.91 Å². The highest BCUT2D eigenvalue weighted by Crippen LogP contribution is 2.37. The summed E-state index contributed by atoms with van der Waals surface area (Å²) in [5.41, 5.74) is 3.61. The second kappa shape index (κ2) is 7.34. The molecule has 1 unspecified atom stereocenters. The zero-order chi connectivity index (χ0) is 14.8. The molecule has 1 N–H and O–H groups in total. The molecule has 0 fully saturated rings. The second-order valence-electron chi connectivity index (χ2n) is 6.14. The first kappa shape index (κ1) is 17.1. The molecule has 22 heavy (non-hydrogen) atoms. The maximum absolute atomic E-state index is 11.9. The minimum Gasteiger partial charge on any atom is -0.359 e. The van der Waals surface area contributed by atoms with E-state index < -0.39 is 0 Å². The fraction of sp³-hybridized carbons (Fsp3) is 0.588. The monoisotopic (exact) mass is 323 g/mol. The van der Waals surface area contributed by atoms with Crippen molar-refractivity contribution >= 4 is 29.7 Å². The smallest absolute Gasteiger partial charge is 0.243 e. The van der Waals surface area contributed by atoms with E-state index in [1.165, 1.54) is 24.1 Å². The van der Waals surface area contributed by atoms with Gasteiger partial charge in [0.05, 0.1) is 17.9 Å². The molecule has 3 rings (SSSR count). The molecule has 0 bridgehead atoms. The summed E-state index contributed by atoms with van der Waals surface area (Å²) in [5, 5.41) is 3.00. The highest BCUT2D eigenvalue weighted by molar-refractivity contribution is 6.02. The van der Waals surface area contributed by atoms with Crippen molar-refractivity contribution in [3.05, 3.63) is 23.8 Å². The molecule has 1 aromatic carbocycles. The van der Waals surface area contributed by atoms with Crippen LogP contribution in [0.5, 0.6) is 0 Å². The Morgan fingerprint density at radius 1 is 1.27 bits per heavy atom. The molecular weight excluding hydrogens is 298 g/mol. The van der Waals surface area contributed by atoms with Gasteiger partial charge in [-0.05, 0) is 44.0 Å². The lowest BCUT2D eigenvalue weighted by molar-refractivity contribution is -0.115. The number of hydrogen-bond donors (Lipinski definition) is 1. The molecule has 0 aliphatic carbocycles. The number of halogens is 1. The van der Waals surface area contributed by atoms with Crippen LogP contribution in [0.3, 0.4) is 0 Å². The third-order valence-electron chi connectivity index (χ3n) is 4.47. The molecule has 0 spiro atoms. The molecule has 2 heterocycles. The van der Waals surface area contributed by atoms with Crippen molar-refractivity contribution in [1.29, 1.82) is 0 Å². The quantitative estimate of drug-likeness (QED) is 0.905.